The van der Waals surface area contributed by atoms with E-state index in [1.165, 1.54) is 0 Å². The Morgan fingerprint density at radius 2 is 2.24 bits per heavy atom. The fourth-order valence-electron chi connectivity index (χ4n) is 1.96. The van der Waals surface area contributed by atoms with Crippen molar-refractivity contribution in [3.8, 4) is 11.5 Å². The van der Waals surface area contributed by atoms with Gasteiger partial charge in [-0.1, -0.05) is 18.2 Å². The quantitative estimate of drug-likeness (QED) is 0.850. The first-order valence-corrected chi connectivity index (χ1v) is 6.82. The molecule has 0 saturated heterocycles. The zero-order valence-corrected chi connectivity index (χ0v) is 12.3. The van der Waals surface area contributed by atoms with Crippen LogP contribution in [0.15, 0.2) is 42.7 Å². The number of rotatable bonds is 7. The minimum absolute atomic E-state index is 0.180. The van der Waals surface area contributed by atoms with Crippen molar-refractivity contribution in [3.63, 3.8) is 0 Å². The second kappa shape index (κ2) is 7.50. The average Bonchev–Trinajstić information content (AvgIpc) is 2.99. The largest absolute Gasteiger partial charge is 0.493 e. The third kappa shape index (κ3) is 4.36. The third-order valence-electron chi connectivity index (χ3n) is 2.94. The fourth-order valence-corrected chi connectivity index (χ4v) is 1.96. The molecule has 2 rings (SSSR count). The molecule has 5 nitrogen and oxygen atoms in total. The molecule has 0 fully saturated rings. The third-order valence-corrected chi connectivity index (χ3v) is 2.94. The average molecular weight is 288 g/mol. The van der Waals surface area contributed by atoms with Crippen LogP contribution in [0.3, 0.4) is 0 Å². The van der Waals surface area contributed by atoms with E-state index in [0.717, 1.165) is 5.56 Å². The van der Waals surface area contributed by atoms with Crippen molar-refractivity contribution in [2.75, 3.05) is 13.7 Å². The van der Waals surface area contributed by atoms with Crippen molar-refractivity contribution in [2.45, 2.75) is 19.6 Å². The molecule has 1 heterocycles. The zero-order valence-electron chi connectivity index (χ0n) is 12.3. The number of hydrogen-bond acceptors (Lipinski definition) is 4. The van der Waals surface area contributed by atoms with Crippen LogP contribution in [0.2, 0.25) is 0 Å². The molecule has 1 atom stereocenters. The molecule has 0 spiro atoms. The Kier molecular flexibility index (Phi) is 5.40. The summed E-state index contributed by atoms with van der Waals surface area (Å²) in [5, 5.41) is 14.0. The van der Waals surface area contributed by atoms with E-state index in [1.807, 2.05) is 43.3 Å². The summed E-state index contributed by atoms with van der Waals surface area (Å²) in [6.45, 7) is 2.54. The van der Waals surface area contributed by atoms with E-state index in [9.17, 15) is 5.11 Å². The number of hydrogen-bond donors (Lipinski definition) is 1. The van der Waals surface area contributed by atoms with Crippen LogP contribution in [0, 0.1) is 0 Å². The van der Waals surface area contributed by atoms with Gasteiger partial charge in [0, 0.05) is 12.4 Å². The molecular formula is C16H20N2O3. The van der Waals surface area contributed by atoms with Crippen molar-refractivity contribution >= 4 is 6.08 Å². The highest BCUT2D eigenvalue weighted by Crippen LogP contribution is 2.28. The number of benzene rings is 1. The molecule has 0 amide bonds. The van der Waals surface area contributed by atoms with Gasteiger partial charge in [-0.3, -0.25) is 4.68 Å². The standard InChI is InChI=1S/C16H20N2O3/c1-3-5-13-6-7-15(16(10-13)20-2)21-12-14(19)11-18-9-4-8-17-18/h3-10,14,19H,11-12H2,1-2H3/b5-3+. The molecule has 1 aromatic heterocycles. The van der Waals surface area contributed by atoms with Gasteiger partial charge >= 0.3 is 0 Å². The Morgan fingerprint density at radius 1 is 1.38 bits per heavy atom. The van der Waals surface area contributed by atoms with E-state index in [1.54, 1.807) is 24.2 Å². The number of methoxy groups -OCH3 is 1. The van der Waals surface area contributed by atoms with Gasteiger partial charge in [0.15, 0.2) is 11.5 Å². The van der Waals surface area contributed by atoms with Gasteiger partial charge in [0.1, 0.15) is 12.7 Å². The van der Waals surface area contributed by atoms with Crippen LogP contribution < -0.4 is 9.47 Å². The Hall–Kier alpha value is -2.27. The smallest absolute Gasteiger partial charge is 0.161 e. The Morgan fingerprint density at radius 3 is 2.90 bits per heavy atom. The molecule has 0 aliphatic carbocycles. The maximum absolute atomic E-state index is 9.95. The van der Waals surface area contributed by atoms with Crippen molar-refractivity contribution in [1.82, 2.24) is 9.78 Å². The summed E-state index contributed by atoms with van der Waals surface area (Å²) in [7, 11) is 1.60. The lowest BCUT2D eigenvalue weighted by Crippen LogP contribution is -2.23. The lowest BCUT2D eigenvalue weighted by Gasteiger charge is -2.15. The van der Waals surface area contributed by atoms with E-state index >= 15 is 0 Å². The molecule has 5 heteroatoms. The van der Waals surface area contributed by atoms with Crippen molar-refractivity contribution < 1.29 is 14.6 Å². The maximum Gasteiger partial charge on any atom is 0.161 e. The number of nitrogens with zero attached hydrogens (tertiary/aromatic N) is 2. The van der Waals surface area contributed by atoms with Crippen LogP contribution in [0.1, 0.15) is 12.5 Å². The molecule has 112 valence electrons. The highest BCUT2D eigenvalue weighted by atomic mass is 16.5. The number of allylic oxidation sites excluding steroid dienone is 1. The molecule has 21 heavy (non-hydrogen) atoms. The van der Waals surface area contributed by atoms with E-state index in [0.29, 0.717) is 18.0 Å². The van der Waals surface area contributed by atoms with E-state index in [4.69, 9.17) is 9.47 Å². The highest BCUT2D eigenvalue weighted by molar-refractivity contribution is 5.55. The summed E-state index contributed by atoms with van der Waals surface area (Å²) < 4.78 is 12.6. The van der Waals surface area contributed by atoms with Gasteiger partial charge < -0.3 is 14.6 Å². The SMILES string of the molecule is C/C=C/c1ccc(OCC(O)Cn2cccn2)c(OC)c1. The summed E-state index contributed by atoms with van der Waals surface area (Å²) in [4.78, 5) is 0. The summed E-state index contributed by atoms with van der Waals surface area (Å²) in [6.07, 6.45) is 6.79. The Labute approximate surface area is 124 Å². The molecule has 1 unspecified atom stereocenters. The van der Waals surface area contributed by atoms with Crippen molar-refractivity contribution in [3.05, 3.63) is 48.3 Å². The zero-order chi connectivity index (χ0) is 15.1. The molecule has 1 aromatic carbocycles. The van der Waals surface area contributed by atoms with Crippen molar-refractivity contribution in [1.29, 1.82) is 0 Å². The minimum Gasteiger partial charge on any atom is -0.493 e. The minimum atomic E-state index is -0.634. The molecule has 1 N–H and O–H groups in total. The predicted molar refractivity (Wildman–Crippen MR) is 81.4 cm³/mol. The van der Waals surface area contributed by atoms with Crippen LogP contribution in [-0.2, 0) is 6.54 Å². The second-order valence-electron chi connectivity index (χ2n) is 4.60. The Bertz CT molecular complexity index is 579. The molecule has 0 radical (unpaired) electrons. The number of aliphatic hydroxyl groups excluding tert-OH is 1. The molecule has 0 aliphatic rings. The van der Waals surface area contributed by atoms with Crippen LogP contribution in [-0.4, -0.2) is 34.7 Å². The first kappa shape index (κ1) is 15.1. The molecule has 0 aliphatic heterocycles. The summed E-state index contributed by atoms with van der Waals surface area (Å²) in [5.41, 5.74) is 1.04. The predicted octanol–water partition coefficient (Wildman–Crippen LogP) is 2.36. The van der Waals surface area contributed by atoms with Gasteiger partial charge in [-0.2, -0.15) is 5.10 Å². The number of aliphatic hydroxyl groups is 1. The van der Waals surface area contributed by atoms with E-state index in [-0.39, 0.29) is 6.61 Å². The van der Waals surface area contributed by atoms with Gasteiger partial charge in [0.05, 0.1) is 13.7 Å². The fraction of sp³-hybridized carbons (Fsp3) is 0.312. The number of ether oxygens (including phenoxy) is 2. The summed E-state index contributed by atoms with van der Waals surface area (Å²) >= 11 is 0. The summed E-state index contributed by atoms with van der Waals surface area (Å²) in [5.74, 6) is 1.27. The van der Waals surface area contributed by atoms with Gasteiger partial charge in [0.25, 0.3) is 0 Å². The first-order valence-electron chi connectivity index (χ1n) is 6.82. The highest BCUT2D eigenvalue weighted by Gasteiger charge is 2.10. The van der Waals surface area contributed by atoms with Crippen LogP contribution in [0.25, 0.3) is 6.08 Å². The van der Waals surface area contributed by atoms with Crippen LogP contribution >= 0.6 is 0 Å². The van der Waals surface area contributed by atoms with Gasteiger partial charge in [-0.05, 0) is 30.7 Å². The molecule has 2 aromatic rings. The monoisotopic (exact) mass is 288 g/mol. The van der Waals surface area contributed by atoms with Gasteiger partial charge in [-0.25, -0.2) is 0 Å². The number of aromatic nitrogens is 2. The van der Waals surface area contributed by atoms with Gasteiger partial charge in [-0.15, -0.1) is 0 Å². The lowest BCUT2D eigenvalue weighted by atomic mass is 10.2. The van der Waals surface area contributed by atoms with Crippen LogP contribution in [0.4, 0.5) is 0 Å². The molecule has 0 saturated carbocycles. The van der Waals surface area contributed by atoms with Crippen molar-refractivity contribution in [2.24, 2.45) is 0 Å². The molecular weight excluding hydrogens is 268 g/mol. The normalized spacial score (nSPS) is 12.5. The van der Waals surface area contributed by atoms with Crippen LogP contribution in [0.5, 0.6) is 11.5 Å². The molecule has 0 bridgehead atoms. The maximum atomic E-state index is 9.95. The summed E-state index contributed by atoms with van der Waals surface area (Å²) in [6, 6.07) is 7.50. The van der Waals surface area contributed by atoms with Gasteiger partial charge in [0.2, 0.25) is 0 Å². The lowest BCUT2D eigenvalue weighted by molar-refractivity contribution is 0.0879. The second-order valence-corrected chi connectivity index (χ2v) is 4.60. The first-order chi connectivity index (χ1) is 10.2. The van der Waals surface area contributed by atoms with E-state index in [2.05, 4.69) is 5.10 Å². The Balaban J connectivity index is 1.95. The van der Waals surface area contributed by atoms with E-state index < -0.39 is 6.10 Å². The topological polar surface area (TPSA) is 56.5 Å².